The molecule has 1 aromatic rings. The summed E-state index contributed by atoms with van der Waals surface area (Å²) in [6.07, 6.45) is 2.25. The maximum Gasteiger partial charge on any atom is 0.333 e. The van der Waals surface area contributed by atoms with Gasteiger partial charge in [0.2, 0.25) is 5.95 Å². The molecule has 2 amide bonds. The molecule has 3 N–H and O–H groups in total. The summed E-state index contributed by atoms with van der Waals surface area (Å²) in [6, 6.07) is 0.848. The van der Waals surface area contributed by atoms with E-state index >= 15 is 0 Å². The number of hydrogen-bond donors (Lipinski definition) is 3. The summed E-state index contributed by atoms with van der Waals surface area (Å²) in [6.45, 7) is 7.05. The molecule has 0 unspecified atom stereocenters. The second-order valence-electron chi connectivity index (χ2n) is 6.06. The van der Waals surface area contributed by atoms with E-state index in [2.05, 4.69) is 27.2 Å². The number of anilines is 1. The lowest BCUT2D eigenvalue weighted by Crippen LogP contribution is -2.31. The third-order valence-corrected chi connectivity index (χ3v) is 3.37. The Labute approximate surface area is 162 Å². The van der Waals surface area contributed by atoms with Crippen molar-refractivity contribution in [2.75, 3.05) is 25.1 Å². The molecule has 154 valence electrons. The molecule has 1 aromatic heterocycles. The van der Waals surface area contributed by atoms with Gasteiger partial charge >= 0.3 is 18.0 Å². The van der Waals surface area contributed by atoms with Gasteiger partial charge in [0.25, 0.3) is 5.56 Å². The highest BCUT2D eigenvalue weighted by atomic mass is 16.6. The number of aromatic amines is 1. The smallest absolute Gasteiger partial charge is 0.333 e. The van der Waals surface area contributed by atoms with Gasteiger partial charge in [0.15, 0.2) is 0 Å². The third kappa shape index (κ3) is 10.1. The van der Waals surface area contributed by atoms with Crippen LogP contribution in [0.1, 0.15) is 38.3 Å². The van der Waals surface area contributed by atoms with Crippen molar-refractivity contribution >= 4 is 23.9 Å². The Balaban J connectivity index is 2.05. The summed E-state index contributed by atoms with van der Waals surface area (Å²) in [4.78, 5) is 52.1. The van der Waals surface area contributed by atoms with E-state index < -0.39 is 12.0 Å². The first kappa shape index (κ1) is 22.9. The molecule has 0 saturated heterocycles. The van der Waals surface area contributed by atoms with Gasteiger partial charge in [0.1, 0.15) is 13.2 Å². The quantitative estimate of drug-likeness (QED) is 0.293. The predicted octanol–water partition coefficient (Wildman–Crippen LogP) is 1.42. The van der Waals surface area contributed by atoms with Gasteiger partial charge in [-0.05, 0) is 26.7 Å². The fraction of sp³-hybridized carbons (Fsp3) is 0.500. The van der Waals surface area contributed by atoms with Crippen LogP contribution in [0.25, 0.3) is 0 Å². The van der Waals surface area contributed by atoms with Crippen molar-refractivity contribution in [3.05, 3.63) is 34.3 Å². The zero-order chi connectivity index (χ0) is 20.9. The van der Waals surface area contributed by atoms with Crippen LogP contribution in [0, 0.1) is 6.92 Å². The average Bonchev–Trinajstić information content (AvgIpc) is 2.60. The fourth-order valence-electron chi connectivity index (χ4n) is 2.05. The Kier molecular flexibility index (Phi) is 10.0. The number of aryl methyl sites for hydroxylation is 1. The molecule has 1 heterocycles. The number of carbonyl (C=O) groups is 3. The van der Waals surface area contributed by atoms with Gasteiger partial charge in [-0.2, -0.15) is 0 Å². The monoisotopic (exact) mass is 394 g/mol. The van der Waals surface area contributed by atoms with Crippen LogP contribution in [-0.2, 0) is 19.1 Å². The number of nitrogens with zero attached hydrogens (tertiary/aromatic N) is 1. The summed E-state index contributed by atoms with van der Waals surface area (Å²) < 4.78 is 9.74. The molecule has 0 fully saturated rings. The Hall–Kier alpha value is -3.17. The van der Waals surface area contributed by atoms with Crippen LogP contribution in [0.4, 0.5) is 10.7 Å². The number of H-pyrrole nitrogens is 1. The summed E-state index contributed by atoms with van der Waals surface area (Å²) in [5, 5.41) is 5.08. The highest BCUT2D eigenvalue weighted by Crippen LogP contribution is 2.01. The topological polar surface area (TPSA) is 139 Å². The van der Waals surface area contributed by atoms with Crippen LogP contribution >= 0.6 is 0 Å². The van der Waals surface area contributed by atoms with E-state index in [-0.39, 0.29) is 42.7 Å². The van der Waals surface area contributed by atoms with Crippen LogP contribution in [0.15, 0.2) is 23.0 Å². The maximum absolute atomic E-state index is 11.7. The van der Waals surface area contributed by atoms with Crippen molar-refractivity contribution in [2.45, 2.75) is 39.5 Å². The fourth-order valence-corrected chi connectivity index (χ4v) is 2.05. The maximum atomic E-state index is 11.7. The van der Waals surface area contributed by atoms with E-state index in [0.717, 1.165) is 6.42 Å². The van der Waals surface area contributed by atoms with E-state index in [1.807, 2.05) is 0 Å². The number of unbranched alkanes of at least 4 members (excludes halogenated alkanes) is 2. The summed E-state index contributed by atoms with van der Waals surface area (Å²) >= 11 is 0. The molecule has 10 nitrogen and oxygen atoms in total. The molecule has 0 aliphatic heterocycles. The predicted molar refractivity (Wildman–Crippen MR) is 102 cm³/mol. The molecule has 0 spiro atoms. The van der Waals surface area contributed by atoms with E-state index in [1.165, 1.54) is 13.0 Å². The number of amides is 2. The highest BCUT2D eigenvalue weighted by Gasteiger charge is 2.06. The highest BCUT2D eigenvalue weighted by molar-refractivity contribution is 5.87. The van der Waals surface area contributed by atoms with E-state index in [0.29, 0.717) is 25.1 Å². The summed E-state index contributed by atoms with van der Waals surface area (Å²) in [5.41, 5.74) is 0.445. The minimum Gasteiger partial charge on any atom is -0.462 e. The molecule has 10 heteroatoms. The van der Waals surface area contributed by atoms with Crippen LogP contribution in [0.3, 0.4) is 0 Å². The van der Waals surface area contributed by atoms with Crippen molar-refractivity contribution < 1.29 is 23.9 Å². The normalized spacial score (nSPS) is 10.1. The average molecular weight is 394 g/mol. The van der Waals surface area contributed by atoms with Crippen molar-refractivity contribution in [1.82, 2.24) is 15.3 Å². The Morgan fingerprint density at radius 1 is 1.18 bits per heavy atom. The van der Waals surface area contributed by atoms with Crippen molar-refractivity contribution in [2.24, 2.45) is 0 Å². The van der Waals surface area contributed by atoms with Crippen molar-refractivity contribution in [3.63, 3.8) is 0 Å². The second kappa shape index (κ2) is 12.3. The number of hydrogen-bond acceptors (Lipinski definition) is 7. The molecule has 28 heavy (non-hydrogen) atoms. The molecule has 0 aliphatic carbocycles. The van der Waals surface area contributed by atoms with Crippen LogP contribution < -0.4 is 16.2 Å². The molecular weight excluding hydrogens is 368 g/mol. The molecule has 0 aromatic carbocycles. The van der Waals surface area contributed by atoms with Gasteiger partial charge in [-0.1, -0.05) is 13.0 Å². The van der Waals surface area contributed by atoms with Gasteiger partial charge < -0.3 is 14.8 Å². The first-order valence-corrected chi connectivity index (χ1v) is 8.89. The third-order valence-electron chi connectivity index (χ3n) is 3.37. The Morgan fingerprint density at radius 3 is 2.57 bits per heavy atom. The molecule has 0 radical (unpaired) electrons. The van der Waals surface area contributed by atoms with Crippen molar-refractivity contribution in [1.29, 1.82) is 0 Å². The molecule has 0 atom stereocenters. The number of ether oxygens (including phenoxy) is 2. The van der Waals surface area contributed by atoms with Gasteiger partial charge in [-0.15, -0.1) is 0 Å². The molecule has 0 aliphatic rings. The van der Waals surface area contributed by atoms with E-state index in [1.54, 1.807) is 6.92 Å². The summed E-state index contributed by atoms with van der Waals surface area (Å²) in [7, 11) is 0. The number of carbonyl (C=O) groups excluding carboxylic acids is 3. The van der Waals surface area contributed by atoms with E-state index in [9.17, 15) is 19.2 Å². The Morgan fingerprint density at radius 2 is 1.89 bits per heavy atom. The van der Waals surface area contributed by atoms with Gasteiger partial charge in [-0.3, -0.25) is 19.9 Å². The minimum atomic E-state index is -0.517. The molecule has 1 rings (SSSR count). The van der Waals surface area contributed by atoms with Gasteiger partial charge in [0.05, 0.1) is 0 Å². The minimum absolute atomic E-state index is 0.00245. The number of nitrogens with one attached hydrogen (secondary N) is 3. The lowest BCUT2D eigenvalue weighted by Gasteiger charge is -2.07. The number of aromatic nitrogens is 2. The summed E-state index contributed by atoms with van der Waals surface area (Å²) in [5.74, 6) is -0.803. The molecule has 0 bridgehead atoms. The van der Waals surface area contributed by atoms with Crippen LogP contribution in [0.2, 0.25) is 0 Å². The largest absolute Gasteiger partial charge is 0.462 e. The zero-order valence-corrected chi connectivity index (χ0v) is 16.1. The van der Waals surface area contributed by atoms with Gasteiger partial charge in [0, 0.05) is 30.3 Å². The number of esters is 2. The number of rotatable bonds is 11. The van der Waals surface area contributed by atoms with Crippen molar-refractivity contribution in [3.8, 4) is 0 Å². The first-order valence-electron chi connectivity index (χ1n) is 8.89. The SMILES string of the molecule is C=C(C)C(=O)OCCOC(=O)CCCCCNC(=O)Nc1nc(C)cc(=O)[nH]1. The standard InChI is InChI=1S/C18H26N4O6/c1-12(2)16(25)28-10-9-27-15(24)7-5-4-6-8-19-18(26)22-17-20-13(3)11-14(23)21-17/h11H,1,4-10H2,2-3H3,(H3,19,20,21,22,23,26). The van der Waals surface area contributed by atoms with Crippen LogP contribution in [-0.4, -0.2) is 47.7 Å². The lowest BCUT2D eigenvalue weighted by molar-refractivity contribution is -0.150. The second-order valence-corrected chi connectivity index (χ2v) is 6.06. The Bertz CT molecular complexity index is 759. The van der Waals surface area contributed by atoms with E-state index in [4.69, 9.17) is 9.47 Å². The number of urea groups is 1. The van der Waals surface area contributed by atoms with Crippen LogP contribution in [0.5, 0.6) is 0 Å². The van der Waals surface area contributed by atoms with Gasteiger partial charge in [-0.25, -0.2) is 14.6 Å². The lowest BCUT2D eigenvalue weighted by atomic mass is 10.2. The molecular formula is C18H26N4O6. The molecule has 0 saturated carbocycles. The first-order chi connectivity index (χ1) is 13.3. The zero-order valence-electron chi connectivity index (χ0n) is 16.1.